The summed E-state index contributed by atoms with van der Waals surface area (Å²) in [6.07, 6.45) is 0. The average molecular weight is 256 g/mol. The molecule has 0 aliphatic carbocycles. The Hall–Kier alpha value is -0.590. The summed E-state index contributed by atoms with van der Waals surface area (Å²) in [6.45, 7) is 5.15. The first-order valence-corrected chi connectivity index (χ1v) is 7.29. The molecule has 1 fully saturated rings. The molecule has 0 saturated carbocycles. The molecule has 96 valence electrons. The zero-order valence-corrected chi connectivity index (χ0v) is 11.2. The lowest BCUT2D eigenvalue weighted by atomic mass is 10.2. The number of piperazine rings is 1. The Kier molecular flexibility index (Phi) is 3.75. The van der Waals surface area contributed by atoms with E-state index >= 15 is 0 Å². The van der Waals surface area contributed by atoms with Gasteiger partial charge in [-0.05, 0) is 26.1 Å². The van der Waals surface area contributed by atoms with Crippen LogP contribution in [-0.2, 0) is 0 Å². The highest BCUT2D eigenvalue weighted by molar-refractivity contribution is 8.22. The van der Waals surface area contributed by atoms with Crippen LogP contribution in [-0.4, -0.2) is 51.5 Å². The van der Waals surface area contributed by atoms with Crippen LogP contribution in [0.2, 0.25) is 0 Å². The molecular formula is C12H20N2O2S. The largest absolute Gasteiger partial charge is 0.304 e. The van der Waals surface area contributed by atoms with Crippen LogP contribution in [0.5, 0.6) is 0 Å². The van der Waals surface area contributed by atoms with Gasteiger partial charge in [-0.2, -0.15) is 4.31 Å². The molecule has 1 aliphatic rings. The fraction of sp³-hybridized carbons (Fsp3) is 0.500. The second kappa shape index (κ2) is 4.96. The predicted molar refractivity (Wildman–Crippen MR) is 71.4 cm³/mol. The molecule has 0 spiro atoms. The van der Waals surface area contributed by atoms with Crippen LogP contribution in [0.1, 0.15) is 5.56 Å². The molecule has 2 rings (SSSR count). The minimum atomic E-state index is -2.80. The zero-order chi connectivity index (χ0) is 12.5. The molecule has 0 bridgehead atoms. The summed E-state index contributed by atoms with van der Waals surface area (Å²) in [5.74, 6) is 0. The van der Waals surface area contributed by atoms with Gasteiger partial charge >= 0.3 is 0 Å². The molecule has 0 aromatic heterocycles. The third-order valence-electron chi connectivity index (χ3n) is 3.16. The van der Waals surface area contributed by atoms with Gasteiger partial charge in [0.05, 0.1) is 4.90 Å². The van der Waals surface area contributed by atoms with Crippen molar-refractivity contribution in [2.45, 2.75) is 11.8 Å². The summed E-state index contributed by atoms with van der Waals surface area (Å²) in [4.78, 5) is 2.81. The Bertz CT molecular complexity index is 373. The fourth-order valence-electron chi connectivity index (χ4n) is 1.91. The van der Waals surface area contributed by atoms with Gasteiger partial charge in [0.1, 0.15) is 0 Å². The minimum absolute atomic E-state index is 0.618. The molecule has 17 heavy (non-hydrogen) atoms. The summed E-state index contributed by atoms with van der Waals surface area (Å²) in [6, 6.07) is 7.45. The maximum atomic E-state index is 10.3. The second-order valence-corrected chi connectivity index (χ2v) is 6.59. The molecule has 2 N–H and O–H groups in total. The number of likely N-dealkylation sites (N-methyl/N-ethyl adjacent to an activating group) is 1. The number of hydrogen-bond acceptors (Lipinski definition) is 4. The molecule has 1 aliphatic heterocycles. The molecule has 0 unspecified atom stereocenters. The minimum Gasteiger partial charge on any atom is -0.304 e. The Morgan fingerprint density at radius 1 is 1.00 bits per heavy atom. The Morgan fingerprint density at radius 2 is 1.53 bits per heavy atom. The van der Waals surface area contributed by atoms with E-state index in [2.05, 4.69) is 11.9 Å². The molecule has 1 saturated heterocycles. The third-order valence-corrected chi connectivity index (χ3v) is 5.15. The lowest BCUT2D eigenvalue weighted by Gasteiger charge is -2.46. The Labute approximate surface area is 104 Å². The monoisotopic (exact) mass is 256 g/mol. The van der Waals surface area contributed by atoms with E-state index in [1.165, 1.54) is 0 Å². The molecule has 0 atom stereocenters. The summed E-state index contributed by atoms with van der Waals surface area (Å²) < 4.78 is 22.5. The topological polar surface area (TPSA) is 46.9 Å². The first kappa shape index (κ1) is 12.9. The van der Waals surface area contributed by atoms with E-state index in [0.29, 0.717) is 18.0 Å². The molecule has 0 radical (unpaired) electrons. The van der Waals surface area contributed by atoms with Gasteiger partial charge in [-0.15, -0.1) is 10.8 Å². The van der Waals surface area contributed by atoms with Crippen LogP contribution < -0.4 is 0 Å². The summed E-state index contributed by atoms with van der Waals surface area (Å²) >= 11 is 0. The van der Waals surface area contributed by atoms with Gasteiger partial charge < -0.3 is 4.90 Å². The first-order chi connectivity index (χ1) is 8.00. The van der Waals surface area contributed by atoms with Gasteiger partial charge in [-0.25, -0.2) is 0 Å². The smallest absolute Gasteiger partial charge is 0.0752 e. The van der Waals surface area contributed by atoms with E-state index in [1.807, 2.05) is 31.2 Å². The first-order valence-electron chi connectivity index (χ1n) is 5.79. The Morgan fingerprint density at radius 3 is 2.06 bits per heavy atom. The van der Waals surface area contributed by atoms with Gasteiger partial charge in [0, 0.05) is 26.2 Å². The third kappa shape index (κ3) is 2.81. The molecule has 4 nitrogen and oxygen atoms in total. The van der Waals surface area contributed by atoms with Crippen LogP contribution >= 0.6 is 10.8 Å². The lowest BCUT2D eigenvalue weighted by Crippen LogP contribution is -2.45. The van der Waals surface area contributed by atoms with E-state index in [0.717, 1.165) is 18.7 Å². The number of rotatable bonds is 2. The van der Waals surface area contributed by atoms with Crippen molar-refractivity contribution >= 4 is 10.8 Å². The van der Waals surface area contributed by atoms with Crippen LogP contribution in [0.25, 0.3) is 0 Å². The van der Waals surface area contributed by atoms with Crippen molar-refractivity contribution in [3.05, 3.63) is 29.8 Å². The molecule has 5 heteroatoms. The molecular weight excluding hydrogens is 236 g/mol. The van der Waals surface area contributed by atoms with Crippen LogP contribution in [0.4, 0.5) is 0 Å². The van der Waals surface area contributed by atoms with Crippen molar-refractivity contribution in [1.82, 2.24) is 9.21 Å². The quantitative estimate of drug-likeness (QED) is 0.852. The summed E-state index contributed by atoms with van der Waals surface area (Å²) in [5.41, 5.74) is 1.13. The van der Waals surface area contributed by atoms with E-state index in [1.54, 1.807) is 4.31 Å². The summed E-state index contributed by atoms with van der Waals surface area (Å²) in [5, 5.41) is 0. The number of nitrogens with zero attached hydrogens (tertiary/aromatic N) is 2. The number of benzene rings is 1. The maximum Gasteiger partial charge on any atom is 0.0752 e. The maximum absolute atomic E-state index is 10.3. The van der Waals surface area contributed by atoms with Crippen LogP contribution in [0.15, 0.2) is 29.2 Å². The van der Waals surface area contributed by atoms with Gasteiger partial charge in [0.2, 0.25) is 0 Å². The number of hydrogen-bond donors (Lipinski definition) is 2. The highest BCUT2D eigenvalue weighted by Crippen LogP contribution is 2.51. The van der Waals surface area contributed by atoms with Gasteiger partial charge in [0.15, 0.2) is 0 Å². The molecule has 0 amide bonds. The van der Waals surface area contributed by atoms with Gasteiger partial charge in [-0.3, -0.25) is 9.11 Å². The zero-order valence-electron chi connectivity index (χ0n) is 10.3. The van der Waals surface area contributed by atoms with Crippen molar-refractivity contribution in [1.29, 1.82) is 0 Å². The molecule has 1 aromatic rings. The number of aryl methyl sites for hydroxylation is 1. The van der Waals surface area contributed by atoms with Crippen molar-refractivity contribution in [2.24, 2.45) is 0 Å². The van der Waals surface area contributed by atoms with Crippen molar-refractivity contribution in [3.8, 4) is 0 Å². The standard InChI is InChI=1S/C12H20N2O2S/c1-11-3-5-12(6-4-11)17(15,16)14-9-7-13(2)8-10-14/h3-6,15-16H,7-10H2,1-2H3. The molecule has 1 heterocycles. The van der Waals surface area contributed by atoms with E-state index in [-0.39, 0.29) is 0 Å². The van der Waals surface area contributed by atoms with Crippen molar-refractivity contribution < 1.29 is 9.11 Å². The second-order valence-electron chi connectivity index (χ2n) is 4.56. The van der Waals surface area contributed by atoms with Gasteiger partial charge in [0.25, 0.3) is 0 Å². The normalized spacial score (nSPS) is 20.5. The van der Waals surface area contributed by atoms with Crippen molar-refractivity contribution in [3.63, 3.8) is 0 Å². The fourth-order valence-corrected chi connectivity index (χ4v) is 3.38. The lowest BCUT2D eigenvalue weighted by molar-refractivity contribution is 0.208. The van der Waals surface area contributed by atoms with E-state index in [9.17, 15) is 9.11 Å². The van der Waals surface area contributed by atoms with E-state index < -0.39 is 10.8 Å². The van der Waals surface area contributed by atoms with Crippen LogP contribution in [0, 0.1) is 6.92 Å². The summed E-state index contributed by atoms with van der Waals surface area (Å²) in [7, 11) is -0.745. The Balaban J connectivity index is 2.15. The highest BCUT2D eigenvalue weighted by Gasteiger charge is 2.27. The highest BCUT2D eigenvalue weighted by atomic mass is 32.3. The average Bonchev–Trinajstić information content (AvgIpc) is 2.30. The predicted octanol–water partition coefficient (Wildman–Crippen LogP) is 2.27. The SMILES string of the molecule is Cc1ccc(S(O)(O)N2CCN(C)CC2)cc1. The van der Waals surface area contributed by atoms with Crippen molar-refractivity contribution in [2.75, 3.05) is 33.2 Å². The van der Waals surface area contributed by atoms with Gasteiger partial charge in [-0.1, -0.05) is 17.7 Å². The molecule has 1 aromatic carbocycles. The van der Waals surface area contributed by atoms with Crippen LogP contribution in [0.3, 0.4) is 0 Å². The van der Waals surface area contributed by atoms with E-state index in [4.69, 9.17) is 0 Å².